The second-order valence-corrected chi connectivity index (χ2v) is 7.64. The van der Waals surface area contributed by atoms with Crippen molar-refractivity contribution in [3.8, 4) is 0 Å². The van der Waals surface area contributed by atoms with Crippen LogP contribution in [0, 0.1) is 5.92 Å². The van der Waals surface area contributed by atoms with Crippen molar-refractivity contribution in [2.24, 2.45) is 10.9 Å². The number of aliphatic hydroxyl groups excluding tert-OH is 1. The molecule has 0 aliphatic carbocycles. The number of esters is 1. The molecule has 1 aromatic heterocycles. The molecule has 2 unspecified atom stereocenters. The highest BCUT2D eigenvalue weighted by atomic mass is 127. The van der Waals surface area contributed by atoms with Gasteiger partial charge < -0.3 is 20.1 Å². The molecule has 6 nitrogen and oxygen atoms in total. The third-order valence-electron chi connectivity index (χ3n) is 4.01. The van der Waals surface area contributed by atoms with Crippen LogP contribution < -0.4 is 5.32 Å². The standard InChI is InChI=1S/C17H26ClN3O3S.HI/c1-3-19-17(20-10-13(22)14-7-8-15(18)25-14)21-9-5-6-12(11-21)16(23)24-4-2;/h7-8,12-13,22H,3-6,9-11H2,1-2H3,(H,19,20);1H. The number of guanidine groups is 1. The number of aliphatic hydroxyl groups is 1. The Morgan fingerprint density at radius 1 is 1.54 bits per heavy atom. The lowest BCUT2D eigenvalue weighted by atomic mass is 9.98. The minimum atomic E-state index is -0.684. The average Bonchev–Trinajstić information content (AvgIpc) is 3.05. The maximum Gasteiger partial charge on any atom is 0.310 e. The highest BCUT2D eigenvalue weighted by Crippen LogP contribution is 2.27. The molecule has 1 fully saturated rings. The number of aliphatic imine (C=N–C) groups is 1. The molecular formula is C17H27ClIN3O3S. The van der Waals surface area contributed by atoms with Gasteiger partial charge in [0, 0.05) is 24.5 Å². The van der Waals surface area contributed by atoms with Crippen LogP contribution in [0.25, 0.3) is 0 Å². The number of likely N-dealkylation sites (tertiary alicyclic amines) is 1. The fraction of sp³-hybridized carbons (Fsp3) is 0.647. The number of nitrogens with zero attached hydrogens (tertiary/aromatic N) is 2. The Hall–Kier alpha value is -0.580. The van der Waals surface area contributed by atoms with Crippen LogP contribution in [0.3, 0.4) is 0 Å². The molecule has 2 heterocycles. The summed E-state index contributed by atoms with van der Waals surface area (Å²) in [5, 5.41) is 13.5. The van der Waals surface area contributed by atoms with Crippen LogP contribution in [-0.4, -0.2) is 54.7 Å². The van der Waals surface area contributed by atoms with E-state index in [2.05, 4.69) is 15.2 Å². The first kappa shape index (κ1) is 23.5. The summed E-state index contributed by atoms with van der Waals surface area (Å²) in [6.07, 6.45) is 1.07. The Balaban J connectivity index is 0.00000338. The van der Waals surface area contributed by atoms with E-state index < -0.39 is 6.10 Å². The van der Waals surface area contributed by atoms with Crippen LogP contribution in [0.5, 0.6) is 0 Å². The number of hydrogen-bond donors (Lipinski definition) is 2. The maximum atomic E-state index is 12.0. The molecule has 0 spiro atoms. The second kappa shape index (κ2) is 12.0. The summed E-state index contributed by atoms with van der Waals surface area (Å²) in [4.78, 5) is 19.4. The molecule has 0 radical (unpaired) electrons. The lowest BCUT2D eigenvalue weighted by Crippen LogP contribution is -2.48. The predicted octanol–water partition coefficient (Wildman–Crippen LogP) is 3.29. The Kier molecular flexibility index (Phi) is 10.8. The largest absolute Gasteiger partial charge is 0.466 e. The molecule has 2 rings (SSSR count). The smallest absolute Gasteiger partial charge is 0.310 e. The molecule has 1 aliphatic rings. The van der Waals surface area contributed by atoms with Crippen molar-refractivity contribution in [3.63, 3.8) is 0 Å². The van der Waals surface area contributed by atoms with Gasteiger partial charge in [-0.15, -0.1) is 35.3 Å². The molecule has 0 aromatic carbocycles. The maximum absolute atomic E-state index is 12.0. The fourth-order valence-corrected chi connectivity index (χ4v) is 3.86. The summed E-state index contributed by atoms with van der Waals surface area (Å²) in [5.74, 6) is 0.452. The normalized spacial score (nSPS) is 18.8. The minimum Gasteiger partial charge on any atom is -0.466 e. The van der Waals surface area contributed by atoms with E-state index in [9.17, 15) is 9.90 Å². The van der Waals surface area contributed by atoms with Crippen molar-refractivity contribution in [1.29, 1.82) is 0 Å². The predicted molar refractivity (Wildman–Crippen MR) is 117 cm³/mol. The summed E-state index contributed by atoms with van der Waals surface area (Å²) in [7, 11) is 0. The van der Waals surface area contributed by atoms with Gasteiger partial charge in [0.15, 0.2) is 5.96 Å². The third-order valence-corrected chi connectivity index (χ3v) is 5.34. The van der Waals surface area contributed by atoms with E-state index in [1.807, 2.05) is 19.9 Å². The molecule has 1 aliphatic heterocycles. The topological polar surface area (TPSA) is 74.2 Å². The molecule has 2 atom stereocenters. The Morgan fingerprint density at radius 2 is 2.31 bits per heavy atom. The molecule has 0 amide bonds. The lowest BCUT2D eigenvalue weighted by Gasteiger charge is -2.34. The minimum absolute atomic E-state index is 0. The Morgan fingerprint density at radius 3 is 2.92 bits per heavy atom. The van der Waals surface area contributed by atoms with Crippen molar-refractivity contribution in [2.45, 2.75) is 32.8 Å². The number of carbonyl (C=O) groups excluding carboxylic acids is 1. The van der Waals surface area contributed by atoms with Crippen LogP contribution in [-0.2, 0) is 9.53 Å². The average molecular weight is 516 g/mol. The first-order chi connectivity index (χ1) is 12.0. The summed E-state index contributed by atoms with van der Waals surface area (Å²) >= 11 is 7.27. The zero-order valence-electron chi connectivity index (χ0n) is 15.1. The van der Waals surface area contributed by atoms with Crippen LogP contribution in [0.4, 0.5) is 0 Å². The van der Waals surface area contributed by atoms with Crippen molar-refractivity contribution >= 4 is 58.8 Å². The van der Waals surface area contributed by atoms with Crippen molar-refractivity contribution in [1.82, 2.24) is 10.2 Å². The van der Waals surface area contributed by atoms with Gasteiger partial charge >= 0.3 is 5.97 Å². The van der Waals surface area contributed by atoms with Crippen molar-refractivity contribution in [2.75, 3.05) is 32.8 Å². The monoisotopic (exact) mass is 515 g/mol. The molecule has 0 bridgehead atoms. The van der Waals surface area contributed by atoms with Gasteiger partial charge in [-0.25, -0.2) is 0 Å². The van der Waals surface area contributed by atoms with E-state index in [1.165, 1.54) is 11.3 Å². The SMILES string of the molecule is CCNC(=NCC(O)c1ccc(Cl)s1)N1CCCC(C(=O)OCC)C1.I. The summed E-state index contributed by atoms with van der Waals surface area (Å²) in [6.45, 7) is 6.62. The number of rotatable bonds is 6. The lowest BCUT2D eigenvalue weighted by molar-refractivity contribution is -0.149. The number of thiophene rings is 1. The highest BCUT2D eigenvalue weighted by molar-refractivity contribution is 14.0. The van der Waals surface area contributed by atoms with Crippen LogP contribution in [0.1, 0.15) is 37.7 Å². The van der Waals surface area contributed by atoms with Gasteiger partial charge in [-0.2, -0.15) is 0 Å². The van der Waals surface area contributed by atoms with Gasteiger partial charge in [-0.3, -0.25) is 9.79 Å². The Bertz CT molecular complexity index is 600. The van der Waals surface area contributed by atoms with E-state index in [0.717, 1.165) is 36.8 Å². The van der Waals surface area contributed by atoms with Gasteiger partial charge in [-0.05, 0) is 38.8 Å². The van der Waals surface area contributed by atoms with Gasteiger partial charge in [0.05, 0.1) is 23.4 Å². The fourth-order valence-electron chi connectivity index (χ4n) is 2.82. The molecule has 26 heavy (non-hydrogen) atoms. The van der Waals surface area contributed by atoms with E-state index >= 15 is 0 Å². The zero-order chi connectivity index (χ0) is 18.2. The van der Waals surface area contributed by atoms with Crippen LogP contribution in [0.2, 0.25) is 4.34 Å². The third kappa shape index (κ3) is 6.86. The molecule has 1 aromatic rings. The van der Waals surface area contributed by atoms with Gasteiger partial charge in [0.25, 0.3) is 0 Å². The van der Waals surface area contributed by atoms with Crippen molar-refractivity contribution < 1.29 is 14.6 Å². The van der Waals surface area contributed by atoms with E-state index in [-0.39, 0.29) is 42.4 Å². The number of carbonyl (C=O) groups is 1. The van der Waals surface area contributed by atoms with E-state index in [0.29, 0.717) is 17.5 Å². The number of ether oxygens (including phenoxy) is 1. The quantitative estimate of drug-likeness (QED) is 0.263. The van der Waals surface area contributed by atoms with Crippen LogP contribution in [0.15, 0.2) is 17.1 Å². The van der Waals surface area contributed by atoms with E-state index in [4.69, 9.17) is 16.3 Å². The molecule has 148 valence electrons. The summed E-state index contributed by atoms with van der Waals surface area (Å²) < 4.78 is 5.80. The number of hydrogen-bond acceptors (Lipinski definition) is 5. The molecule has 1 saturated heterocycles. The highest BCUT2D eigenvalue weighted by Gasteiger charge is 2.28. The molecule has 9 heteroatoms. The first-order valence-corrected chi connectivity index (χ1v) is 9.87. The van der Waals surface area contributed by atoms with Gasteiger partial charge in [0.2, 0.25) is 0 Å². The van der Waals surface area contributed by atoms with Crippen LogP contribution >= 0.6 is 46.9 Å². The Labute approximate surface area is 181 Å². The van der Waals surface area contributed by atoms with Gasteiger partial charge in [0.1, 0.15) is 6.10 Å². The van der Waals surface area contributed by atoms with E-state index in [1.54, 1.807) is 6.07 Å². The first-order valence-electron chi connectivity index (χ1n) is 8.68. The zero-order valence-corrected chi connectivity index (χ0v) is 19.0. The molecule has 0 saturated carbocycles. The summed E-state index contributed by atoms with van der Waals surface area (Å²) in [5.41, 5.74) is 0. The second-order valence-electron chi connectivity index (χ2n) is 5.89. The number of piperidine rings is 1. The van der Waals surface area contributed by atoms with Gasteiger partial charge in [-0.1, -0.05) is 11.6 Å². The summed E-state index contributed by atoms with van der Waals surface area (Å²) in [6, 6.07) is 3.59. The molecule has 2 N–H and O–H groups in total. The number of nitrogens with one attached hydrogen (secondary N) is 1. The van der Waals surface area contributed by atoms with Crippen molar-refractivity contribution in [3.05, 3.63) is 21.3 Å². The molecular weight excluding hydrogens is 489 g/mol. The number of halogens is 2.